The molecular formula is C54H41N5. The van der Waals surface area contributed by atoms with Crippen molar-refractivity contribution in [3.05, 3.63) is 228 Å². The van der Waals surface area contributed by atoms with Crippen molar-refractivity contribution in [2.24, 2.45) is 4.99 Å². The van der Waals surface area contributed by atoms with Crippen molar-refractivity contribution in [3.63, 3.8) is 0 Å². The number of nitrogens with zero attached hydrogens (tertiary/aromatic N) is 4. The molecule has 5 nitrogen and oxygen atoms in total. The Balaban J connectivity index is 1.22. The SMILES string of the molecule is CN1C(c2ccccc2)=NC(n2c3cc(C4(c5ccccc5)c5ccccc5-c5ccccc54)ccc3c3ccc4c5ccccc5[nH]c4c32)N(C)C1c1ccccc1. The maximum Gasteiger partial charge on any atom is 0.187 e. The summed E-state index contributed by atoms with van der Waals surface area (Å²) in [5, 5.41) is 4.83. The first kappa shape index (κ1) is 33.9. The van der Waals surface area contributed by atoms with Crippen LogP contribution in [0.1, 0.15) is 45.8 Å². The number of amidine groups is 1. The Morgan fingerprint density at radius 3 is 1.85 bits per heavy atom. The molecule has 0 bridgehead atoms. The van der Waals surface area contributed by atoms with E-state index < -0.39 is 11.7 Å². The Morgan fingerprint density at radius 2 is 1.12 bits per heavy atom. The largest absolute Gasteiger partial charge is 0.353 e. The highest BCUT2D eigenvalue weighted by atomic mass is 15.5. The summed E-state index contributed by atoms with van der Waals surface area (Å²) in [7, 11) is 4.40. The Hall–Kier alpha value is -7.21. The van der Waals surface area contributed by atoms with E-state index in [9.17, 15) is 0 Å². The Labute approximate surface area is 343 Å². The second kappa shape index (κ2) is 12.9. The average molecular weight is 760 g/mol. The monoisotopic (exact) mass is 759 g/mol. The first-order chi connectivity index (χ1) is 29.1. The van der Waals surface area contributed by atoms with Gasteiger partial charge in [0, 0.05) is 39.7 Å². The minimum atomic E-state index is -0.538. The average Bonchev–Trinajstić information content (AvgIpc) is 3.94. The second-order valence-corrected chi connectivity index (χ2v) is 16.1. The number of para-hydroxylation sites is 1. The highest BCUT2D eigenvalue weighted by molar-refractivity contribution is 6.22. The Bertz CT molecular complexity index is 3220. The lowest BCUT2D eigenvalue weighted by Gasteiger charge is -2.45. The van der Waals surface area contributed by atoms with Crippen LogP contribution in [0.3, 0.4) is 0 Å². The molecule has 10 aromatic rings. The van der Waals surface area contributed by atoms with Crippen molar-refractivity contribution in [2.45, 2.75) is 17.9 Å². The summed E-state index contributed by atoms with van der Waals surface area (Å²) in [5.41, 5.74) is 14.0. The number of rotatable bonds is 5. The number of aromatic amines is 1. The third-order valence-corrected chi connectivity index (χ3v) is 13.1. The first-order valence-corrected chi connectivity index (χ1v) is 20.5. The lowest BCUT2D eigenvalue weighted by Crippen LogP contribution is -2.48. The summed E-state index contributed by atoms with van der Waals surface area (Å²) in [6.45, 7) is 0. The molecule has 0 amide bonds. The van der Waals surface area contributed by atoms with Gasteiger partial charge in [-0.15, -0.1) is 0 Å². The van der Waals surface area contributed by atoms with Crippen LogP contribution in [0.15, 0.2) is 199 Å². The fourth-order valence-electron chi connectivity index (χ4n) is 10.6. The molecule has 2 aliphatic rings. The van der Waals surface area contributed by atoms with Crippen molar-refractivity contribution in [1.29, 1.82) is 0 Å². The second-order valence-electron chi connectivity index (χ2n) is 16.1. The molecule has 8 aromatic carbocycles. The van der Waals surface area contributed by atoms with Crippen LogP contribution < -0.4 is 0 Å². The van der Waals surface area contributed by atoms with Gasteiger partial charge in [0.25, 0.3) is 0 Å². The summed E-state index contributed by atoms with van der Waals surface area (Å²) in [6.07, 6.45) is -0.481. The maximum atomic E-state index is 5.79. The number of hydrogen-bond acceptors (Lipinski definition) is 3. The van der Waals surface area contributed by atoms with Gasteiger partial charge in [0.2, 0.25) is 0 Å². The molecule has 1 aliphatic heterocycles. The van der Waals surface area contributed by atoms with E-state index in [4.69, 9.17) is 4.99 Å². The third kappa shape index (κ3) is 4.74. The molecule has 2 unspecified atom stereocenters. The molecule has 3 heterocycles. The van der Waals surface area contributed by atoms with Gasteiger partial charge in [-0.05, 0) is 58.1 Å². The van der Waals surface area contributed by atoms with Gasteiger partial charge in [-0.1, -0.05) is 182 Å². The lowest BCUT2D eigenvalue weighted by atomic mass is 9.67. The number of fused-ring (bicyclic) bond motifs is 10. The van der Waals surface area contributed by atoms with Crippen LogP contribution in [0.2, 0.25) is 0 Å². The standard InChI is InChI=1S/C54H41N5/c1-57-51(35-18-6-3-7-19-35)56-53(58(2)52(57)36-20-8-4-9-21-36)59-48-34-38(30-31-42(48)44-33-32-43-41-26-14-17-29-47(41)55-49(43)50(44)59)54(37-22-10-5-11-23-37)45-27-15-12-24-39(45)40-25-13-16-28-46(40)54/h3-34,52-53,55H,1-2H3. The van der Waals surface area contributed by atoms with E-state index in [0.717, 1.165) is 33.5 Å². The van der Waals surface area contributed by atoms with E-state index in [2.05, 4.69) is 228 Å². The highest BCUT2D eigenvalue weighted by Crippen LogP contribution is 2.57. The van der Waals surface area contributed by atoms with E-state index in [0.29, 0.717) is 0 Å². The van der Waals surface area contributed by atoms with Crippen molar-refractivity contribution in [2.75, 3.05) is 14.1 Å². The van der Waals surface area contributed by atoms with Gasteiger partial charge in [0.1, 0.15) is 12.0 Å². The summed E-state index contributed by atoms with van der Waals surface area (Å²) < 4.78 is 2.53. The summed E-state index contributed by atoms with van der Waals surface area (Å²) in [5.74, 6) is 0.955. The van der Waals surface area contributed by atoms with Crippen molar-refractivity contribution < 1.29 is 0 Å². The molecule has 12 rings (SSSR count). The predicted molar refractivity (Wildman–Crippen MR) is 243 cm³/mol. The molecule has 0 spiro atoms. The summed E-state index contributed by atoms with van der Waals surface area (Å²) in [6, 6.07) is 71.1. The van der Waals surface area contributed by atoms with Gasteiger partial charge in [0.05, 0.1) is 22.0 Å². The zero-order valence-electron chi connectivity index (χ0n) is 32.9. The third-order valence-electron chi connectivity index (χ3n) is 13.1. The molecule has 282 valence electrons. The fourth-order valence-corrected chi connectivity index (χ4v) is 10.6. The van der Waals surface area contributed by atoms with E-state index >= 15 is 0 Å². The van der Waals surface area contributed by atoms with Crippen LogP contribution >= 0.6 is 0 Å². The fraction of sp³-hybridized carbons (Fsp3) is 0.0926. The number of benzene rings is 8. The van der Waals surface area contributed by atoms with Crippen molar-refractivity contribution >= 4 is 49.4 Å². The van der Waals surface area contributed by atoms with Crippen LogP contribution in [-0.2, 0) is 5.41 Å². The number of H-pyrrole nitrogens is 1. The molecule has 0 fully saturated rings. The molecule has 2 atom stereocenters. The summed E-state index contributed by atoms with van der Waals surface area (Å²) in [4.78, 5) is 14.4. The van der Waals surface area contributed by atoms with Crippen LogP contribution in [0.4, 0.5) is 0 Å². The number of aromatic nitrogens is 2. The van der Waals surface area contributed by atoms with Crippen molar-refractivity contribution in [1.82, 2.24) is 19.4 Å². The number of nitrogens with one attached hydrogen (secondary N) is 1. The molecule has 0 saturated heterocycles. The van der Waals surface area contributed by atoms with Crippen LogP contribution in [0, 0.1) is 0 Å². The maximum absolute atomic E-state index is 5.79. The Kier molecular flexibility index (Phi) is 7.41. The van der Waals surface area contributed by atoms with Gasteiger partial charge in [-0.3, -0.25) is 0 Å². The smallest absolute Gasteiger partial charge is 0.187 e. The predicted octanol–water partition coefficient (Wildman–Crippen LogP) is 12.3. The van der Waals surface area contributed by atoms with E-state index in [-0.39, 0.29) is 6.17 Å². The van der Waals surface area contributed by atoms with Crippen LogP contribution in [0.25, 0.3) is 54.7 Å². The van der Waals surface area contributed by atoms with Gasteiger partial charge in [0.15, 0.2) is 6.29 Å². The quantitative estimate of drug-likeness (QED) is 0.190. The zero-order valence-corrected chi connectivity index (χ0v) is 32.9. The van der Waals surface area contributed by atoms with Crippen molar-refractivity contribution in [3.8, 4) is 11.1 Å². The van der Waals surface area contributed by atoms with E-state index in [1.54, 1.807) is 0 Å². The minimum absolute atomic E-state index is 0.0873. The molecule has 1 aliphatic carbocycles. The van der Waals surface area contributed by atoms with Gasteiger partial charge in [-0.25, -0.2) is 9.89 Å². The minimum Gasteiger partial charge on any atom is -0.353 e. The van der Waals surface area contributed by atoms with Crippen LogP contribution in [0.5, 0.6) is 0 Å². The Morgan fingerprint density at radius 1 is 0.525 bits per heavy atom. The molecule has 5 heteroatoms. The number of aliphatic imine (C=N–C) groups is 1. The topological polar surface area (TPSA) is 39.6 Å². The molecule has 2 aromatic heterocycles. The first-order valence-electron chi connectivity index (χ1n) is 20.5. The molecule has 59 heavy (non-hydrogen) atoms. The van der Waals surface area contributed by atoms with Gasteiger partial charge in [-0.2, -0.15) is 0 Å². The zero-order chi connectivity index (χ0) is 39.2. The molecule has 0 saturated carbocycles. The molecular weight excluding hydrogens is 719 g/mol. The van der Waals surface area contributed by atoms with Gasteiger partial charge < -0.3 is 14.5 Å². The van der Waals surface area contributed by atoms with E-state index in [1.807, 2.05) is 0 Å². The van der Waals surface area contributed by atoms with E-state index in [1.165, 1.54) is 60.5 Å². The normalized spacial score (nSPS) is 17.5. The van der Waals surface area contributed by atoms with Gasteiger partial charge >= 0.3 is 0 Å². The molecule has 0 radical (unpaired) electrons. The molecule has 1 N–H and O–H groups in total. The lowest BCUT2D eigenvalue weighted by molar-refractivity contribution is 0.0443. The summed E-state index contributed by atoms with van der Waals surface area (Å²) >= 11 is 0. The van der Waals surface area contributed by atoms with Crippen LogP contribution in [-0.4, -0.2) is 39.3 Å². The number of hydrogen-bond donors (Lipinski definition) is 1. The highest BCUT2D eigenvalue weighted by Gasteiger charge is 2.46.